The summed E-state index contributed by atoms with van der Waals surface area (Å²) in [5.74, 6) is 0.907. The Morgan fingerprint density at radius 3 is 2.71 bits per heavy atom. The van der Waals surface area contributed by atoms with E-state index < -0.39 is 0 Å². The standard InChI is InChI=1S/C23H27FN4OS2/c1-16(17-9-11-18(24)12-10-17)25-22(29)15-31-23-27-26-21(14-20-8-5-13-30-20)28(23)19-6-3-2-4-7-19/h5,8-13,16,19H,2-4,6-7,14-15H2,1H3,(H,25,29)/t16-/m0/s1. The van der Waals surface area contributed by atoms with Crippen molar-refractivity contribution >= 4 is 29.0 Å². The van der Waals surface area contributed by atoms with E-state index in [1.54, 1.807) is 23.5 Å². The Hall–Kier alpha value is -2.19. The van der Waals surface area contributed by atoms with Crippen molar-refractivity contribution in [3.8, 4) is 0 Å². The van der Waals surface area contributed by atoms with Gasteiger partial charge in [-0.25, -0.2) is 4.39 Å². The van der Waals surface area contributed by atoms with Gasteiger partial charge < -0.3 is 9.88 Å². The molecule has 1 N–H and O–H groups in total. The SMILES string of the molecule is C[C@H](NC(=O)CSc1nnc(Cc2cccs2)n1C1CCCCC1)c1ccc(F)cc1. The second-order valence-electron chi connectivity index (χ2n) is 7.95. The van der Waals surface area contributed by atoms with Crippen molar-refractivity contribution in [2.24, 2.45) is 0 Å². The van der Waals surface area contributed by atoms with Crippen LogP contribution < -0.4 is 5.32 Å². The number of rotatable bonds is 8. The van der Waals surface area contributed by atoms with E-state index in [-0.39, 0.29) is 23.5 Å². The number of aromatic nitrogens is 3. The van der Waals surface area contributed by atoms with Crippen LogP contribution in [-0.2, 0) is 11.2 Å². The van der Waals surface area contributed by atoms with E-state index in [0.29, 0.717) is 6.04 Å². The molecule has 0 bridgehead atoms. The highest BCUT2D eigenvalue weighted by Crippen LogP contribution is 2.33. The van der Waals surface area contributed by atoms with Gasteiger partial charge in [-0.1, -0.05) is 49.2 Å². The minimum Gasteiger partial charge on any atom is -0.349 e. The van der Waals surface area contributed by atoms with Gasteiger partial charge in [0.25, 0.3) is 0 Å². The van der Waals surface area contributed by atoms with Gasteiger partial charge in [-0.15, -0.1) is 21.5 Å². The summed E-state index contributed by atoms with van der Waals surface area (Å²) in [4.78, 5) is 13.8. The largest absolute Gasteiger partial charge is 0.349 e. The molecule has 1 saturated carbocycles. The molecule has 1 aliphatic rings. The van der Waals surface area contributed by atoms with Crippen molar-refractivity contribution < 1.29 is 9.18 Å². The van der Waals surface area contributed by atoms with Crippen LogP contribution in [0.2, 0.25) is 0 Å². The summed E-state index contributed by atoms with van der Waals surface area (Å²) in [6.45, 7) is 1.90. The number of carbonyl (C=O) groups excluding carboxylic acids is 1. The van der Waals surface area contributed by atoms with Crippen molar-refractivity contribution in [3.63, 3.8) is 0 Å². The third-order valence-electron chi connectivity index (χ3n) is 5.67. The minimum absolute atomic E-state index is 0.0696. The van der Waals surface area contributed by atoms with Crippen LogP contribution in [0.5, 0.6) is 0 Å². The number of carbonyl (C=O) groups is 1. The summed E-state index contributed by atoms with van der Waals surface area (Å²) >= 11 is 3.17. The van der Waals surface area contributed by atoms with Crippen LogP contribution in [0.3, 0.4) is 0 Å². The molecule has 1 aromatic carbocycles. The van der Waals surface area contributed by atoms with Crippen molar-refractivity contribution in [1.29, 1.82) is 0 Å². The van der Waals surface area contributed by atoms with E-state index in [1.807, 2.05) is 6.92 Å². The van der Waals surface area contributed by atoms with Crippen LogP contribution in [0.15, 0.2) is 46.9 Å². The molecule has 1 atom stereocenters. The third kappa shape index (κ3) is 5.74. The Bertz CT molecular complexity index is 982. The van der Waals surface area contributed by atoms with E-state index in [4.69, 9.17) is 0 Å². The fourth-order valence-corrected chi connectivity index (χ4v) is 5.59. The molecule has 164 valence electrons. The first kappa shape index (κ1) is 22.0. The number of thiophene rings is 1. The lowest BCUT2D eigenvalue weighted by molar-refractivity contribution is -0.119. The maximum Gasteiger partial charge on any atom is 0.230 e. The van der Waals surface area contributed by atoms with E-state index in [2.05, 4.69) is 37.6 Å². The van der Waals surface area contributed by atoms with Crippen molar-refractivity contribution in [3.05, 3.63) is 63.9 Å². The van der Waals surface area contributed by atoms with Gasteiger partial charge in [0.1, 0.15) is 11.6 Å². The number of hydrogen-bond acceptors (Lipinski definition) is 5. The third-order valence-corrected chi connectivity index (χ3v) is 7.49. The normalized spacial score (nSPS) is 15.7. The molecule has 4 rings (SSSR count). The van der Waals surface area contributed by atoms with Gasteiger partial charge in [0.05, 0.1) is 11.8 Å². The molecular formula is C23H27FN4OS2. The van der Waals surface area contributed by atoms with Crippen molar-refractivity contribution in [2.45, 2.75) is 62.7 Å². The number of thioether (sulfide) groups is 1. The van der Waals surface area contributed by atoms with Gasteiger partial charge in [0, 0.05) is 17.3 Å². The molecule has 0 saturated heterocycles. The van der Waals surface area contributed by atoms with Gasteiger partial charge >= 0.3 is 0 Å². The van der Waals surface area contributed by atoms with E-state index in [0.717, 1.165) is 35.8 Å². The van der Waals surface area contributed by atoms with Gasteiger partial charge in [-0.2, -0.15) is 0 Å². The molecule has 1 fully saturated rings. The average molecular weight is 459 g/mol. The monoisotopic (exact) mass is 458 g/mol. The Labute approximate surface area is 190 Å². The fraction of sp³-hybridized carbons (Fsp3) is 0.435. The molecule has 0 unspecified atom stereocenters. The number of hydrogen-bond donors (Lipinski definition) is 1. The second-order valence-corrected chi connectivity index (χ2v) is 9.92. The first-order valence-corrected chi connectivity index (χ1v) is 12.6. The molecule has 2 heterocycles. The van der Waals surface area contributed by atoms with E-state index in [1.165, 1.54) is 48.0 Å². The summed E-state index contributed by atoms with van der Waals surface area (Å²) in [7, 11) is 0. The predicted octanol–water partition coefficient (Wildman–Crippen LogP) is 5.54. The molecular weight excluding hydrogens is 431 g/mol. The van der Waals surface area contributed by atoms with E-state index >= 15 is 0 Å². The molecule has 0 spiro atoms. The Morgan fingerprint density at radius 1 is 1.23 bits per heavy atom. The zero-order chi connectivity index (χ0) is 21.6. The Balaban J connectivity index is 1.42. The Morgan fingerprint density at radius 2 is 2.00 bits per heavy atom. The molecule has 2 aromatic heterocycles. The lowest BCUT2D eigenvalue weighted by atomic mass is 9.95. The summed E-state index contributed by atoms with van der Waals surface area (Å²) in [5, 5.41) is 14.8. The van der Waals surface area contributed by atoms with Crippen LogP contribution in [0, 0.1) is 5.82 Å². The average Bonchev–Trinajstić information content (AvgIpc) is 3.43. The molecule has 0 aliphatic heterocycles. The summed E-state index contributed by atoms with van der Waals surface area (Å²) in [6.07, 6.45) is 6.77. The Kier molecular flexibility index (Phi) is 7.40. The highest BCUT2D eigenvalue weighted by atomic mass is 32.2. The zero-order valence-corrected chi connectivity index (χ0v) is 19.2. The minimum atomic E-state index is -0.279. The van der Waals surface area contributed by atoms with Gasteiger partial charge in [-0.3, -0.25) is 4.79 Å². The smallest absolute Gasteiger partial charge is 0.230 e. The number of nitrogens with zero attached hydrogens (tertiary/aromatic N) is 3. The van der Waals surface area contributed by atoms with Crippen LogP contribution in [0.1, 0.15) is 67.4 Å². The number of nitrogens with one attached hydrogen (secondary N) is 1. The molecule has 8 heteroatoms. The maximum absolute atomic E-state index is 13.1. The fourth-order valence-electron chi connectivity index (χ4n) is 4.05. The number of amides is 1. The first-order chi connectivity index (χ1) is 15.1. The molecule has 3 aromatic rings. The quantitative estimate of drug-likeness (QED) is 0.450. The van der Waals surface area contributed by atoms with Crippen LogP contribution in [0.4, 0.5) is 4.39 Å². The van der Waals surface area contributed by atoms with Gasteiger partial charge in [-0.05, 0) is 48.9 Å². The van der Waals surface area contributed by atoms with Crippen LogP contribution >= 0.6 is 23.1 Å². The molecule has 31 heavy (non-hydrogen) atoms. The molecule has 5 nitrogen and oxygen atoms in total. The van der Waals surface area contributed by atoms with E-state index in [9.17, 15) is 9.18 Å². The van der Waals surface area contributed by atoms with Crippen LogP contribution in [-0.4, -0.2) is 26.4 Å². The zero-order valence-electron chi connectivity index (χ0n) is 17.6. The summed E-state index contributed by atoms with van der Waals surface area (Å²) in [5.41, 5.74) is 0.878. The van der Waals surface area contributed by atoms with Crippen LogP contribution in [0.25, 0.3) is 0 Å². The summed E-state index contributed by atoms with van der Waals surface area (Å²) < 4.78 is 15.4. The van der Waals surface area contributed by atoms with Gasteiger partial charge in [0.15, 0.2) is 5.16 Å². The predicted molar refractivity (Wildman–Crippen MR) is 123 cm³/mol. The maximum atomic E-state index is 13.1. The lowest BCUT2D eigenvalue weighted by Gasteiger charge is -2.25. The number of halogens is 1. The molecule has 1 amide bonds. The van der Waals surface area contributed by atoms with Crippen molar-refractivity contribution in [2.75, 3.05) is 5.75 Å². The van der Waals surface area contributed by atoms with Gasteiger partial charge in [0.2, 0.25) is 5.91 Å². The highest BCUT2D eigenvalue weighted by molar-refractivity contribution is 7.99. The lowest BCUT2D eigenvalue weighted by Crippen LogP contribution is -2.28. The molecule has 1 aliphatic carbocycles. The number of benzene rings is 1. The first-order valence-electron chi connectivity index (χ1n) is 10.7. The van der Waals surface area contributed by atoms with Crippen molar-refractivity contribution in [1.82, 2.24) is 20.1 Å². The molecule has 0 radical (unpaired) electrons. The second kappa shape index (κ2) is 10.4. The highest BCUT2D eigenvalue weighted by Gasteiger charge is 2.24. The topological polar surface area (TPSA) is 59.8 Å². The summed E-state index contributed by atoms with van der Waals surface area (Å²) in [6, 6.07) is 10.6.